The number of unbranched alkanes of at least 4 members (excludes halogenated alkanes) is 1. The van der Waals surface area contributed by atoms with E-state index >= 15 is 0 Å². The van der Waals surface area contributed by atoms with Gasteiger partial charge in [-0.15, -0.1) is 20.3 Å². The van der Waals surface area contributed by atoms with Gasteiger partial charge in [-0.3, -0.25) is 0 Å². The minimum Gasteiger partial charge on any atom is -0.442 e. The number of aryl methyl sites for hydroxylation is 1. The van der Waals surface area contributed by atoms with Gasteiger partial charge in [0.25, 0.3) is 5.09 Å². The average Bonchev–Trinajstić information content (AvgIpc) is 3.35. The predicted octanol–water partition coefficient (Wildman–Crippen LogP) is 4.93. The molecule has 3 aromatic carbocycles. The Labute approximate surface area is 264 Å². The van der Waals surface area contributed by atoms with Gasteiger partial charge in [0.15, 0.2) is 11.0 Å². The lowest BCUT2D eigenvalue weighted by Crippen LogP contribution is -2.35. The van der Waals surface area contributed by atoms with Crippen LogP contribution in [0.2, 0.25) is 5.15 Å². The lowest BCUT2D eigenvalue weighted by molar-refractivity contribution is -0.763. The third-order valence-electron chi connectivity index (χ3n) is 6.91. The number of ether oxygens (including phenoxy) is 1. The van der Waals surface area contributed by atoms with Crippen molar-refractivity contribution in [2.45, 2.75) is 52.6 Å². The highest BCUT2D eigenvalue weighted by molar-refractivity contribution is 6.30. The lowest BCUT2D eigenvalue weighted by Gasteiger charge is -2.15. The zero-order valence-electron chi connectivity index (χ0n) is 24.6. The van der Waals surface area contributed by atoms with Crippen LogP contribution in [0, 0.1) is 10.1 Å². The number of hydrogen-bond donors (Lipinski definition) is 3. The summed E-state index contributed by atoms with van der Waals surface area (Å²) in [5.41, 5.74) is 11.2. The molecule has 236 valence electrons. The number of carbonyl (C=O) groups is 1. The van der Waals surface area contributed by atoms with Crippen LogP contribution in [0.1, 0.15) is 53.5 Å². The maximum absolute atomic E-state index is 12.5. The first-order chi connectivity index (χ1) is 21.7. The van der Waals surface area contributed by atoms with E-state index in [0.29, 0.717) is 39.2 Å². The molecular formula is C31H34ClN7O6. The normalized spacial score (nSPS) is 11.3. The Morgan fingerprint density at radius 1 is 1.09 bits per heavy atom. The molecule has 0 fully saturated rings. The molecular weight excluding hydrogens is 602 g/mol. The number of nitrogens with zero attached hydrogens (tertiary/aromatic N) is 5. The Morgan fingerprint density at radius 2 is 1.80 bits per heavy atom. The Hall–Kier alpha value is -4.98. The van der Waals surface area contributed by atoms with Crippen LogP contribution in [0.3, 0.4) is 0 Å². The molecule has 0 aliphatic carbocycles. The first-order valence-corrected chi connectivity index (χ1v) is 14.5. The Morgan fingerprint density at radius 3 is 2.49 bits per heavy atom. The number of amidine groups is 1. The summed E-state index contributed by atoms with van der Waals surface area (Å²) in [6.07, 6.45) is 1.79. The van der Waals surface area contributed by atoms with E-state index in [2.05, 4.69) is 21.8 Å². The molecule has 1 aromatic heterocycles. The minimum atomic E-state index is -0.952. The van der Waals surface area contributed by atoms with E-state index < -0.39 is 11.2 Å². The smallest absolute Gasteiger partial charge is 0.442 e. The topological polar surface area (TPSA) is 184 Å². The van der Waals surface area contributed by atoms with E-state index in [1.54, 1.807) is 36.4 Å². The number of aromatic nitrogens is 2. The van der Waals surface area contributed by atoms with Gasteiger partial charge in [-0.1, -0.05) is 97.7 Å². The second kappa shape index (κ2) is 15.7. The molecule has 0 unspecified atom stereocenters. The molecule has 0 aliphatic heterocycles. The van der Waals surface area contributed by atoms with Crippen LogP contribution >= 0.6 is 11.6 Å². The van der Waals surface area contributed by atoms with Crippen LogP contribution in [0.5, 0.6) is 0 Å². The third-order valence-corrected chi connectivity index (χ3v) is 7.21. The molecule has 1 heterocycles. The van der Waals surface area contributed by atoms with E-state index in [0.717, 1.165) is 41.8 Å². The second-order valence-electron chi connectivity index (χ2n) is 10.1. The second-order valence-corrected chi connectivity index (χ2v) is 10.4. The zero-order valence-corrected chi connectivity index (χ0v) is 25.4. The number of rotatable bonds is 14. The van der Waals surface area contributed by atoms with Crippen molar-refractivity contribution in [3.8, 4) is 11.1 Å². The van der Waals surface area contributed by atoms with Crippen molar-refractivity contribution in [3.63, 3.8) is 0 Å². The lowest BCUT2D eigenvalue weighted by atomic mass is 9.98. The van der Waals surface area contributed by atoms with Crippen LogP contribution in [0.25, 0.3) is 11.1 Å². The van der Waals surface area contributed by atoms with E-state index in [1.165, 1.54) is 0 Å². The molecule has 4 aromatic rings. The molecule has 0 atom stereocenters. The summed E-state index contributed by atoms with van der Waals surface area (Å²) < 4.78 is 7.19. The van der Waals surface area contributed by atoms with Crippen LogP contribution < -0.4 is 11.6 Å². The molecule has 45 heavy (non-hydrogen) atoms. The first-order valence-electron chi connectivity index (χ1n) is 14.1. The summed E-state index contributed by atoms with van der Waals surface area (Å²) in [5, 5.41) is 24.3. The van der Waals surface area contributed by atoms with Crippen molar-refractivity contribution in [2.75, 3.05) is 0 Å². The number of halogens is 1. The highest BCUT2D eigenvalue weighted by atomic mass is 35.5. The molecule has 0 radical (unpaired) electrons. The Bertz CT molecular complexity index is 1660. The summed E-state index contributed by atoms with van der Waals surface area (Å²) in [6.45, 7) is 2.02. The molecule has 0 saturated heterocycles. The molecule has 0 spiro atoms. The van der Waals surface area contributed by atoms with E-state index in [-0.39, 0.29) is 25.7 Å². The number of carbonyl (C=O) groups excluding carboxylic acids is 1. The zero-order chi connectivity index (χ0) is 32.3. The first kappa shape index (κ1) is 32.9. The number of aliphatic hydroxyl groups excluding tert-OH is 1. The minimum absolute atomic E-state index is 0.00531. The highest BCUT2D eigenvalue weighted by Gasteiger charge is 2.17. The van der Waals surface area contributed by atoms with Crippen molar-refractivity contribution in [1.29, 1.82) is 0 Å². The number of aliphatic hydroxyl groups is 1. The third kappa shape index (κ3) is 8.79. The van der Waals surface area contributed by atoms with Crippen molar-refractivity contribution in [2.24, 2.45) is 16.7 Å². The van der Waals surface area contributed by atoms with Gasteiger partial charge in [-0.25, -0.2) is 15.6 Å². The number of hydrogen-bond acceptors (Lipinski definition) is 9. The number of amides is 1. The maximum Gasteiger partial charge on any atom is 0.445 e. The fraction of sp³-hybridized carbons (Fsp3) is 0.258. The molecule has 14 heteroatoms. The van der Waals surface area contributed by atoms with E-state index in [4.69, 9.17) is 27.9 Å². The number of hydrazine groups is 1. The quantitative estimate of drug-likeness (QED) is 0.0431. The number of imidazole rings is 1. The predicted molar refractivity (Wildman–Crippen MR) is 168 cm³/mol. The largest absolute Gasteiger partial charge is 0.445 e. The van der Waals surface area contributed by atoms with Crippen molar-refractivity contribution >= 4 is 23.5 Å². The van der Waals surface area contributed by atoms with Gasteiger partial charge < -0.3 is 25.0 Å². The van der Waals surface area contributed by atoms with E-state index in [9.17, 15) is 20.0 Å². The molecule has 0 saturated carbocycles. The summed E-state index contributed by atoms with van der Waals surface area (Å²) in [4.78, 5) is 31.8. The van der Waals surface area contributed by atoms with Gasteiger partial charge in [0.2, 0.25) is 0 Å². The van der Waals surface area contributed by atoms with E-state index in [1.807, 2.05) is 41.0 Å². The van der Waals surface area contributed by atoms with Gasteiger partial charge in [-0.05, 0) is 34.2 Å². The average molecular weight is 636 g/mol. The van der Waals surface area contributed by atoms with Crippen LogP contribution in [0.4, 0.5) is 4.79 Å². The van der Waals surface area contributed by atoms with Gasteiger partial charge in [0.1, 0.15) is 19.0 Å². The fourth-order valence-corrected chi connectivity index (χ4v) is 4.92. The fourth-order valence-electron chi connectivity index (χ4n) is 4.66. The summed E-state index contributed by atoms with van der Waals surface area (Å²) in [5.74, 6) is 6.67. The van der Waals surface area contributed by atoms with Gasteiger partial charge in [0.05, 0.1) is 12.3 Å². The molecule has 0 bridgehead atoms. The van der Waals surface area contributed by atoms with Gasteiger partial charge in [0, 0.05) is 18.5 Å². The molecule has 5 N–H and O–H groups in total. The Kier molecular flexibility index (Phi) is 11.5. The molecule has 0 aliphatic rings. The Balaban J connectivity index is 1.45. The molecule has 13 nitrogen and oxygen atoms in total. The molecule has 4 rings (SSSR count). The monoisotopic (exact) mass is 635 g/mol. The van der Waals surface area contributed by atoms with Crippen LogP contribution in [-0.2, 0) is 42.4 Å². The van der Waals surface area contributed by atoms with Crippen molar-refractivity contribution in [3.05, 3.63) is 122 Å². The SMILES string of the molecule is CCCCc1nc(Cl)c(CO)n1Cc1ccc(-c2ccccc2/C(N)=N/N(N)C(=O)OCc2cccc(CO[N+](=O)[O-])c2)cc1. The summed E-state index contributed by atoms with van der Waals surface area (Å²) in [7, 11) is 0. The van der Waals surface area contributed by atoms with Crippen molar-refractivity contribution in [1.82, 2.24) is 14.7 Å². The number of nitrogens with two attached hydrogens (primary N) is 2. The van der Waals surface area contributed by atoms with Gasteiger partial charge in [-0.2, -0.15) is 0 Å². The standard InChI is InChI=1S/C31H34ClN7O6/c1-2-3-11-28-35-29(32)27(18-40)37(28)17-21-12-14-24(15-13-21)25-9-4-5-10-26(25)30(33)36-38(34)31(41)44-19-22-7-6-8-23(16-22)20-45-39(42)43/h4-10,12-16,40H,2-3,11,17-20,34H2,1H3,(H2,33,36). The summed E-state index contributed by atoms with van der Waals surface area (Å²) in [6, 6.07) is 21.7. The maximum atomic E-state index is 12.5. The highest BCUT2D eigenvalue weighted by Crippen LogP contribution is 2.26. The van der Waals surface area contributed by atoms with Crippen LogP contribution in [0.15, 0.2) is 77.9 Å². The van der Waals surface area contributed by atoms with Crippen LogP contribution in [-0.4, -0.2) is 36.8 Å². The summed E-state index contributed by atoms with van der Waals surface area (Å²) >= 11 is 6.29. The molecule has 1 amide bonds. The number of benzene rings is 3. The van der Waals surface area contributed by atoms with Gasteiger partial charge >= 0.3 is 6.09 Å². The van der Waals surface area contributed by atoms with Crippen molar-refractivity contribution < 1.29 is 24.6 Å². The number of hydrazone groups is 1.